The molecule has 1 aromatic rings. The quantitative estimate of drug-likeness (QED) is 0.401. The van der Waals surface area contributed by atoms with E-state index < -0.39 is 0 Å². The first kappa shape index (κ1) is 9.52. The van der Waals surface area contributed by atoms with Gasteiger partial charge in [0.2, 0.25) is 0 Å². The fourth-order valence-corrected chi connectivity index (χ4v) is 0.929. The van der Waals surface area contributed by atoms with Gasteiger partial charge in [-0.3, -0.25) is 4.79 Å². The molecule has 0 amide bonds. The van der Waals surface area contributed by atoms with Crippen LogP contribution in [0.1, 0.15) is 17.3 Å². The van der Waals surface area contributed by atoms with Crippen molar-refractivity contribution in [3.8, 4) is 0 Å². The lowest BCUT2D eigenvalue weighted by Crippen LogP contribution is -1.95. The molecule has 2 nitrogen and oxygen atoms in total. The molecule has 0 radical (unpaired) electrons. The topological polar surface area (TPSA) is 26.3 Å². The average Bonchev–Trinajstić information content (AvgIpc) is 2.19. The number of rotatable bonds is 3. The summed E-state index contributed by atoms with van der Waals surface area (Å²) >= 11 is 0. The number of methoxy groups -OCH3 is 1. The fraction of sp³-hybridized carbons (Fsp3) is 0.182. The summed E-state index contributed by atoms with van der Waals surface area (Å²) in [6.07, 6.45) is 1.48. The molecular weight excluding hydrogens is 164 g/mol. The summed E-state index contributed by atoms with van der Waals surface area (Å²) in [6, 6.07) is 9.11. The van der Waals surface area contributed by atoms with Gasteiger partial charge in [-0.25, -0.2) is 0 Å². The molecular formula is C11H12O2. The van der Waals surface area contributed by atoms with Crippen LogP contribution in [-0.2, 0) is 4.74 Å². The summed E-state index contributed by atoms with van der Waals surface area (Å²) in [5, 5.41) is 0. The number of ether oxygens (including phenoxy) is 1. The molecule has 0 N–H and O–H groups in total. The zero-order valence-electron chi connectivity index (χ0n) is 7.78. The van der Waals surface area contributed by atoms with Crippen molar-refractivity contribution >= 4 is 5.78 Å². The highest BCUT2D eigenvalue weighted by atomic mass is 16.5. The Morgan fingerprint density at radius 3 is 2.46 bits per heavy atom. The van der Waals surface area contributed by atoms with Crippen molar-refractivity contribution in [2.45, 2.75) is 6.92 Å². The Kier molecular flexibility index (Phi) is 3.26. The van der Waals surface area contributed by atoms with E-state index in [9.17, 15) is 4.79 Å². The molecule has 0 saturated carbocycles. The van der Waals surface area contributed by atoms with Gasteiger partial charge in [-0.2, -0.15) is 0 Å². The monoisotopic (exact) mass is 176 g/mol. The van der Waals surface area contributed by atoms with E-state index in [1.165, 1.54) is 6.08 Å². The molecule has 0 unspecified atom stereocenters. The third-order valence-electron chi connectivity index (χ3n) is 1.71. The Hall–Kier alpha value is -1.57. The maximum atomic E-state index is 11.5. The summed E-state index contributed by atoms with van der Waals surface area (Å²) in [5.74, 6) is 0.591. The lowest BCUT2D eigenvalue weighted by Gasteiger charge is -1.98. The third-order valence-corrected chi connectivity index (χ3v) is 1.71. The van der Waals surface area contributed by atoms with Gasteiger partial charge in [0, 0.05) is 11.6 Å². The molecule has 0 bridgehead atoms. The number of carbonyl (C=O) groups excluding carboxylic acids is 1. The number of hydrogen-bond donors (Lipinski definition) is 0. The minimum Gasteiger partial charge on any atom is -0.501 e. The minimum absolute atomic E-state index is 0.0278. The summed E-state index contributed by atoms with van der Waals surface area (Å²) in [6.45, 7) is 1.75. The van der Waals surface area contributed by atoms with Crippen molar-refractivity contribution in [1.29, 1.82) is 0 Å². The third kappa shape index (κ3) is 2.75. The second kappa shape index (κ2) is 4.45. The number of hydrogen-bond acceptors (Lipinski definition) is 2. The van der Waals surface area contributed by atoms with Crippen LogP contribution >= 0.6 is 0 Å². The average molecular weight is 176 g/mol. The summed E-state index contributed by atoms with van der Waals surface area (Å²) in [4.78, 5) is 11.5. The molecule has 13 heavy (non-hydrogen) atoms. The van der Waals surface area contributed by atoms with E-state index in [4.69, 9.17) is 4.74 Å². The Balaban J connectivity index is 2.81. The molecule has 1 rings (SSSR count). The molecule has 0 heterocycles. The molecule has 0 aliphatic carbocycles. The van der Waals surface area contributed by atoms with E-state index in [1.54, 1.807) is 26.2 Å². The first-order chi connectivity index (χ1) is 6.24. The van der Waals surface area contributed by atoms with Gasteiger partial charge in [0.15, 0.2) is 5.78 Å². The van der Waals surface area contributed by atoms with Crippen molar-refractivity contribution in [2.24, 2.45) is 0 Å². The van der Waals surface area contributed by atoms with Crippen molar-refractivity contribution in [2.75, 3.05) is 7.11 Å². The normalized spacial score (nSPS) is 11.1. The highest BCUT2D eigenvalue weighted by Gasteiger charge is 2.00. The van der Waals surface area contributed by atoms with E-state index in [-0.39, 0.29) is 5.78 Å². The van der Waals surface area contributed by atoms with Crippen LogP contribution in [-0.4, -0.2) is 12.9 Å². The van der Waals surface area contributed by atoms with Gasteiger partial charge in [-0.15, -0.1) is 0 Å². The van der Waals surface area contributed by atoms with Gasteiger partial charge in [0.1, 0.15) is 0 Å². The Morgan fingerprint density at radius 1 is 1.31 bits per heavy atom. The summed E-state index contributed by atoms with van der Waals surface area (Å²) in [7, 11) is 1.55. The first-order valence-corrected chi connectivity index (χ1v) is 4.05. The molecule has 0 spiro atoms. The SMILES string of the molecule is CO/C(C)=C\C(=O)c1ccccc1. The van der Waals surface area contributed by atoms with E-state index in [1.807, 2.05) is 18.2 Å². The molecule has 68 valence electrons. The van der Waals surface area contributed by atoms with Crippen LogP contribution in [0.2, 0.25) is 0 Å². The highest BCUT2D eigenvalue weighted by Crippen LogP contribution is 2.03. The maximum Gasteiger partial charge on any atom is 0.189 e. The zero-order chi connectivity index (χ0) is 9.68. The highest BCUT2D eigenvalue weighted by molar-refractivity contribution is 6.04. The Morgan fingerprint density at radius 2 is 1.92 bits per heavy atom. The lowest BCUT2D eigenvalue weighted by molar-refractivity contribution is 0.104. The fourth-order valence-electron chi connectivity index (χ4n) is 0.929. The van der Waals surface area contributed by atoms with Crippen LogP contribution in [0.25, 0.3) is 0 Å². The van der Waals surface area contributed by atoms with Crippen LogP contribution < -0.4 is 0 Å². The number of allylic oxidation sites excluding steroid dienone is 2. The number of carbonyl (C=O) groups is 1. The predicted octanol–water partition coefficient (Wildman–Crippen LogP) is 2.42. The second-order valence-corrected chi connectivity index (χ2v) is 2.69. The molecule has 2 heteroatoms. The summed E-state index contributed by atoms with van der Waals surface area (Å²) in [5.41, 5.74) is 0.680. The van der Waals surface area contributed by atoms with Gasteiger partial charge in [-0.05, 0) is 6.92 Å². The second-order valence-electron chi connectivity index (χ2n) is 2.69. The van der Waals surface area contributed by atoms with Gasteiger partial charge >= 0.3 is 0 Å². The van der Waals surface area contributed by atoms with Crippen LogP contribution in [0, 0.1) is 0 Å². The van der Waals surface area contributed by atoms with E-state index in [0.29, 0.717) is 11.3 Å². The molecule has 0 aromatic heterocycles. The van der Waals surface area contributed by atoms with E-state index >= 15 is 0 Å². The summed E-state index contributed by atoms with van der Waals surface area (Å²) < 4.78 is 4.88. The van der Waals surface area contributed by atoms with E-state index in [0.717, 1.165) is 0 Å². The molecule has 0 fully saturated rings. The number of benzene rings is 1. The van der Waals surface area contributed by atoms with Crippen LogP contribution in [0.3, 0.4) is 0 Å². The van der Waals surface area contributed by atoms with Crippen molar-refractivity contribution < 1.29 is 9.53 Å². The standard InChI is InChI=1S/C11H12O2/c1-9(13-2)8-11(12)10-6-4-3-5-7-10/h3-8H,1-2H3/b9-8-. The predicted molar refractivity (Wildman–Crippen MR) is 51.5 cm³/mol. The molecule has 0 atom stereocenters. The number of ketones is 1. The smallest absolute Gasteiger partial charge is 0.189 e. The lowest BCUT2D eigenvalue weighted by atomic mass is 10.1. The Labute approximate surface area is 77.8 Å². The zero-order valence-corrected chi connectivity index (χ0v) is 7.78. The molecule has 1 aromatic carbocycles. The van der Waals surface area contributed by atoms with Crippen LogP contribution in [0.15, 0.2) is 42.2 Å². The van der Waals surface area contributed by atoms with Crippen LogP contribution in [0.4, 0.5) is 0 Å². The minimum atomic E-state index is -0.0278. The molecule has 0 aliphatic rings. The van der Waals surface area contributed by atoms with Crippen molar-refractivity contribution in [3.63, 3.8) is 0 Å². The van der Waals surface area contributed by atoms with Gasteiger partial charge in [-0.1, -0.05) is 30.3 Å². The van der Waals surface area contributed by atoms with Gasteiger partial charge in [0.25, 0.3) is 0 Å². The van der Waals surface area contributed by atoms with Gasteiger partial charge < -0.3 is 4.74 Å². The maximum absolute atomic E-state index is 11.5. The van der Waals surface area contributed by atoms with Crippen LogP contribution in [0.5, 0.6) is 0 Å². The van der Waals surface area contributed by atoms with E-state index in [2.05, 4.69) is 0 Å². The molecule has 0 saturated heterocycles. The van der Waals surface area contributed by atoms with Crippen molar-refractivity contribution in [1.82, 2.24) is 0 Å². The largest absolute Gasteiger partial charge is 0.501 e. The molecule has 0 aliphatic heterocycles. The Bertz CT molecular complexity index is 312. The first-order valence-electron chi connectivity index (χ1n) is 4.05. The van der Waals surface area contributed by atoms with Crippen molar-refractivity contribution in [3.05, 3.63) is 47.7 Å². The van der Waals surface area contributed by atoms with Gasteiger partial charge in [0.05, 0.1) is 12.9 Å².